The number of ether oxygens (including phenoxy) is 3. The molecule has 0 saturated heterocycles. The van der Waals surface area contributed by atoms with Gasteiger partial charge in [-0.05, 0) is 85.7 Å². The molecule has 0 aliphatic rings. The highest BCUT2D eigenvalue weighted by Gasteiger charge is 2.24. The lowest BCUT2D eigenvalue weighted by molar-refractivity contribution is -0.117. The zero-order chi connectivity index (χ0) is 29.6. The van der Waals surface area contributed by atoms with Crippen LogP contribution in [0.3, 0.4) is 0 Å². The summed E-state index contributed by atoms with van der Waals surface area (Å²) in [7, 11) is 0. The molecule has 41 heavy (non-hydrogen) atoms. The van der Waals surface area contributed by atoms with Crippen LogP contribution in [0.25, 0.3) is 0 Å². The van der Waals surface area contributed by atoms with E-state index in [0.717, 1.165) is 90.0 Å². The molecule has 6 heteroatoms. The largest absolute Gasteiger partial charge is 0.493 e. The number of hydrogen-bond donors (Lipinski definition) is 0. The van der Waals surface area contributed by atoms with Crippen molar-refractivity contribution < 1.29 is 23.8 Å². The van der Waals surface area contributed by atoms with E-state index in [4.69, 9.17) is 14.2 Å². The SMILES string of the molecule is CCCc1cc(Oc2ccccc2)ccc1OCCCCOc1ccc(C(SC(=O)C(C)C)C(C)=O)cc1CCC. The van der Waals surface area contributed by atoms with Gasteiger partial charge in [0.05, 0.1) is 18.5 Å². The van der Waals surface area contributed by atoms with Gasteiger partial charge in [0.2, 0.25) is 0 Å². The third kappa shape index (κ3) is 10.3. The monoisotopic (exact) mass is 576 g/mol. The van der Waals surface area contributed by atoms with Crippen molar-refractivity contribution in [1.82, 2.24) is 0 Å². The highest BCUT2D eigenvalue weighted by atomic mass is 32.2. The molecule has 0 saturated carbocycles. The Morgan fingerprint density at radius 3 is 1.90 bits per heavy atom. The molecular formula is C35H44O5S. The van der Waals surface area contributed by atoms with E-state index in [1.165, 1.54) is 0 Å². The fraction of sp³-hybridized carbons (Fsp3) is 0.429. The molecule has 0 spiro atoms. The third-order valence-corrected chi connectivity index (χ3v) is 8.11. The fourth-order valence-electron chi connectivity index (χ4n) is 4.42. The van der Waals surface area contributed by atoms with Gasteiger partial charge in [-0.1, -0.05) is 82.6 Å². The first kappa shape index (κ1) is 32.3. The Hall–Kier alpha value is -3.25. The minimum Gasteiger partial charge on any atom is -0.493 e. The summed E-state index contributed by atoms with van der Waals surface area (Å²) in [5, 5.41) is -0.452. The number of unbranched alkanes of at least 4 members (excludes halogenated alkanes) is 1. The Bertz CT molecular complexity index is 1250. The molecule has 220 valence electrons. The molecule has 1 atom stereocenters. The van der Waals surface area contributed by atoms with Crippen LogP contribution < -0.4 is 14.2 Å². The fourth-order valence-corrected chi connectivity index (χ4v) is 5.38. The van der Waals surface area contributed by atoms with Gasteiger partial charge in [-0.2, -0.15) is 0 Å². The molecular weight excluding hydrogens is 532 g/mol. The second kappa shape index (κ2) is 16.9. The van der Waals surface area contributed by atoms with Gasteiger partial charge >= 0.3 is 0 Å². The lowest BCUT2D eigenvalue weighted by atomic mass is 10.0. The first-order chi connectivity index (χ1) is 19.8. The summed E-state index contributed by atoms with van der Waals surface area (Å²) in [5.41, 5.74) is 3.09. The molecule has 0 N–H and O–H groups in total. The van der Waals surface area contributed by atoms with E-state index in [9.17, 15) is 9.59 Å². The van der Waals surface area contributed by atoms with Gasteiger partial charge in [-0.15, -0.1) is 0 Å². The van der Waals surface area contributed by atoms with E-state index < -0.39 is 5.25 Å². The Balaban J connectivity index is 1.53. The van der Waals surface area contributed by atoms with Crippen molar-refractivity contribution >= 4 is 22.7 Å². The Labute approximate surface area is 250 Å². The topological polar surface area (TPSA) is 61.8 Å². The maximum absolute atomic E-state index is 12.4. The van der Waals surface area contributed by atoms with Crippen LogP contribution in [0.4, 0.5) is 0 Å². The standard InChI is InChI=1S/C35H44O5S/c1-6-13-27-23-29(34(26(5)36)41-35(37)25(3)4)17-19-32(27)38-21-11-12-22-39-33-20-18-31(24-28(33)14-7-2)40-30-15-9-8-10-16-30/h8-10,15-20,23-25,34H,6-7,11-14,21-22H2,1-5H3. The Morgan fingerprint density at radius 1 is 0.756 bits per heavy atom. The number of aryl methyl sites for hydroxylation is 2. The van der Waals surface area contributed by atoms with Crippen LogP contribution in [0, 0.1) is 5.92 Å². The molecule has 3 rings (SSSR count). The molecule has 0 aliphatic carbocycles. The minimum absolute atomic E-state index is 0.0134. The van der Waals surface area contributed by atoms with E-state index in [1.54, 1.807) is 6.92 Å². The second-order valence-electron chi connectivity index (χ2n) is 10.5. The normalized spacial score (nSPS) is 11.8. The van der Waals surface area contributed by atoms with Gasteiger partial charge in [-0.25, -0.2) is 0 Å². The van der Waals surface area contributed by atoms with Crippen molar-refractivity contribution in [1.29, 1.82) is 0 Å². The summed E-state index contributed by atoms with van der Waals surface area (Å²) in [5.74, 6) is 3.25. The van der Waals surface area contributed by atoms with Gasteiger partial charge in [0.15, 0.2) is 5.12 Å². The minimum atomic E-state index is -0.483. The molecule has 0 aromatic heterocycles. The van der Waals surface area contributed by atoms with E-state index in [-0.39, 0.29) is 16.8 Å². The molecule has 0 fully saturated rings. The summed E-state index contributed by atoms with van der Waals surface area (Å²) in [6, 6.07) is 21.7. The highest BCUT2D eigenvalue weighted by molar-refractivity contribution is 8.14. The van der Waals surface area contributed by atoms with Crippen molar-refractivity contribution in [2.75, 3.05) is 13.2 Å². The Morgan fingerprint density at radius 2 is 1.34 bits per heavy atom. The molecule has 1 unspecified atom stereocenters. The van der Waals surface area contributed by atoms with E-state index >= 15 is 0 Å². The van der Waals surface area contributed by atoms with Crippen LogP contribution in [0.2, 0.25) is 0 Å². The van der Waals surface area contributed by atoms with Crippen LogP contribution in [-0.2, 0) is 22.4 Å². The molecule has 0 radical (unpaired) electrons. The van der Waals surface area contributed by atoms with E-state index in [2.05, 4.69) is 19.9 Å². The zero-order valence-corrected chi connectivity index (χ0v) is 25.9. The van der Waals surface area contributed by atoms with Gasteiger partial charge < -0.3 is 14.2 Å². The van der Waals surface area contributed by atoms with Crippen LogP contribution in [0.15, 0.2) is 66.7 Å². The average Bonchev–Trinajstić information content (AvgIpc) is 2.95. The van der Waals surface area contributed by atoms with Crippen LogP contribution >= 0.6 is 11.8 Å². The first-order valence-corrected chi connectivity index (χ1v) is 15.7. The van der Waals surface area contributed by atoms with E-state index in [1.807, 2.05) is 74.5 Å². The molecule has 3 aromatic carbocycles. The summed E-state index contributed by atoms with van der Waals surface area (Å²) in [6.45, 7) is 10.8. The first-order valence-electron chi connectivity index (χ1n) is 14.8. The Kier molecular flexibility index (Phi) is 13.3. The number of para-hydroxylation sites is 1. The van der Waals surface area contributed by atoms with Gasteiger partial charge in [0.25, 0.3) is 0 Å². The molecule has 0 aliphatic heterocycles. The number of Topliss-reactive ketones (excluding diaryl/α,β-unsaturated/α-hetero) is 1. The van der Waals surface area contributed by atoms with Crippen LogP contribution in [0.1, 0.15) is 82.2 Å². The second-order valence-corrected chi connectivity index (χ2v) is 11.6. The maximum atomic E-state index is 12.4. The van der Waals surface area contributed by atoms with Crippen LogP contribution in [0.5, 0.6) is 23.0 Å². The van der Waals surface area contributed by atoms with Crippen molar-refractivity contribution in [2.45, 2.75) is 78.4 Å². The summed E-state index contributed by atoms with van der Waals surface area (Å²) < 4.78 is 18.3. The number of thioether (sulfide) groups is 1. The maximum Gasteiger partial charge on any atom is 0.192 e. The molecule has 3 aromatic rings. The van der Waals surface area contributed by atoms with E-state index in [0.29, 0.717) is 13.2 Å². The highest BCUT2D eigenvalue weighted by Crippen LogP contribution is 2.35. The average molecular weight is 577 g/mol. The molecule has 5 nitrogen and oxygen atoms in total. The van der Waals surface area contributed by atoms with Crippen LogP contribution in [-0.4, -0.2) is 24.1 Å². The van der Waals surface area contributed by atoms with Crippen molar-refractivity contribution in [3.8, 4) is 23.0 Å². The predicted octanol–water partition coefficient (Wildman–Crippen LogP) is 9.17. The molecule has 0 heterocycles. The molecule has 0 amide bonds. The number of benzene rings is 3. The van der Waals surface area contributed by atoms with Gasteiger partial charge in [0.1, 0.15) is 28.8 Å². The third-order valence-electron chi connectivity index (χ3n) is 6.57. The number of rotatable bonds is 17. The number of carbonyl (C=O) groups is 2. The quantitative estimate of drug-likeness (QED) is 0.149. The van der Waals surface area contributed by atoms with Gasteiger partial charge in [0, 0.05) is 5.92 Å². The number of carbonyl (C=O) groups excluding carboxylic acids is 2. The summed E-state index contributed by atoms with van der Waals surface area (Å²) in [4.78, 5) is 24.7. The number of ketones is 1. The summed E-state index contributed by atoms with van der Waals surface area (Å²) in [6.07, 6.45) is 5.50. The predicted molar refractivity (Wildman–Crippen MR) is 168 cm³/mol. The lowest BCUT2D eigenvalue weighted by Crippen LogP contribution is -2.12. The van der Waals surface area contributed by atoms with Crippen molar-refractivity contribution in [2.24, 2.45) is 5.92 Å². The lowest BCUT2D eigenvalue weighted by Gasteiger charge is -2.18. The molecule has 0 bridgehead atoms. The van der Waals surface area contributed by atoms with Crippen molar-refractivity contribution in [3.05, 3.63) is 83.4 Å². The zero-order valence-electron chi connectivity index (χ0n) is 25.1. The van der Waals surface area contributed by atoms with Gasteiger partial charge in [-0.3, -0.25) is 9.59 Å². The smallest absolute Gasteiger partial charge is 0.192 e. The summed E-state index contributed by atoms with van der Waals surface area (Å²) >= 11 is 1.13. The number of hydrogen-bond acceptors (Lipinski definition) is 6. The van der Waals surface area contributed by atoms with Crippen molar-refractivity contribution in [3.63, 3.8) is 0 Å².